The van der Waals surface area contributed by atoms with Crippen molar-refractivity contribution in [2.45, 2.75) is 32.1 Å². The zero-order valence-corrected chi connectivity index (χ0v) is 16.1. The second-order valence-electron chi connectivity index (χ2n) is 6.79. The second kappa shape index (κ2) is 9.31. The molecule has 0 saturated carbocycles. The van der Waals surface area contributed by atoms with Gasteiger partial charge in [-0.2, -0.15) is 0 Å². The average molecular weight is 368 g/mol. The maximum atomic E-state index is 12.2. The Bertz CT molecular complexity index is 789. The van der Waals surface area contributed by atoms with E-state index in [1.54, 1.807) is 14.2 Å². The molecule has 0 heterocycles. The van der Waals surface area contributed by atoms with Crippen LogP contribution in [0.3, 0.4) is 0 Å². The van der Waals surface area contributed by atoms with E-state index < -0.39 is 0 Å². The average Bonchev–Trinajstić information content (AvgIpc) is 2.72. The highest BCUT2D eigenvalue weighted by atomic mass is 16.5. The molecule has 27 heavy (non-hydrogen) atoms. The lowest BCUT2D eigenvalue weighted by Gasteiger charge is -2.20. The van der Waals surface area contributed by atoms with Gasteiger partial charge >= 0.3 is 0 Å². The van der Waals surface area contributed by atoms with Gasteiger partial charge in [0.05, 0.1) is 20.8 Å². The highest BCUT2D eigenvalue weighted by molar-refractivity contribution is 5.81. The Balaban J connectivity index is 1.47. The predicted molar refractivity (Wildman–Crippen MR) is 108 cm³/mol. The van der Waals surface area contributed by atoms with Crippen LogP contribution in [0, 0.1) is 0 Å². The Hall–Kier alpha value is -2.69. The fourth-order valence-corrected chi connectivity index (χ4v) is 3.57. The van der Waals surface area contributed by atoms with Crippen molar-refractivity contribution in [3.63, 3.8) is 0 Å². The number of benzene rings is 2. The monoisotopic (exact) mass is 368 g/mol. The summed E-state index contributed by atoms with van der Waals surface area (Å²) >= 11 is 0. The van der Waals surface area contributed by atoms with Crippen LogP contribution in [-0.2, 0) is 24.1 Å². The number of amides is 1. The van der Waals surface area contributed by atoms with Crippen LogP contribution in [0.25, 0.3) is 0 Å². The lowest BCUT2D eigenvalue weighted by atomic mass is 9.90. The van der Waals surface area contributed by atoms with E-state index in [0.717, 1.165) is 30.5 Å². The lowest BCUT2D eigenvalue weighted by molar-refractivity contribution is -0.119. The van der Waals surface area contributed by atoms with Gasteiger partial charge < -0.3 is 20.1 Å². The van der Waals surface area contributed by atoms with Gasteiger partial charge in [-0.05, 0) is 67.0 Å². The Morgan fingerprint density at radius 3 is 2.67 bits per heavy atom. The molecule has 0 atom stereocenters. The Morgan fingerprint density at radius 2 is 1.85 bits per heavy atom. The maximum Gasteiger partial charge on any atom is 0.239 e. The van der Waals surface area contributed by atoms with Crippen LogP contribution in [0.5, 0.6) is 11.5 Å². The number of methoxy groups -OCH3 is 2. The van der Waals surface area contributed by atoms with Crippen molar-refractivity contribution in [1.29, 1.82) is 0 Å². The van der Waals surface area contributed by atoms with Crippen LogP contribution in [0.15, 0.2) is 36.4 Å². The third-order valence-electron chi connectivity index (χ3n) is 5.02. The standard InChI is InChI=1S/C22H28N2O3/c1-26-20-11-10-16(14-21(20)27-2)12-13-23-22(25)15-24-19-9-5-7-17-6-3-4-8-18(17)19/h5,7,9-11,14,24H,3-4,6,8,12-13,15H2,1-2H3,(H,23,25). The van der Waals surface area contributed by atoms with Gasteiger partial charge in [0.2, 0.25) is 5.91 Å². The summed E-state index contributed by atoms with van der Waals surface area (Å²) in [5.41, 5.74) is 4.99. The molecule has 5 nitrogen and oxygen atoms in total. The number of nitrogens with one attached hydrogen (secondary N) is 2. The highest BCUT2D eigenvalue weighted by Gasteiger charge is 2.13. The number of fused-ring (bicyclic) bond motifs is 1. The number of rotatable bonds is 8. The minimum absolute atomic E-state index is 0.00360. The van der Waals surface area contributed by atoms with Crippen LogP contribution < -0.4 is 20.1 Å². The van der Waals surface area contributed by atoms with E-state index in [1.165, 1.54) is 24.0 Å². The first-order valence-electron chi connectivity index (χ1n) is 9.53. The topological polar surface area (TPSA) is 59.6 Å². The van der Waals surface area contributed by atoms with Gasteiger partial charge in [-0.25, -0.2) is 0 Å². The normalized spacial score (nSPS) is 12.8. The summed E-state index contributed by atoms with van der Waals surface area (Å²) in [5, 5.41) is 6.28. The molecule has 5 heteroatoms. The zero-order chi connectivity index (χ0) is 19.1. The molecule has 1 aliphatic rings. The minimum atomic E-state index is 0.00360. The number of carbonyl (C=O) groups is 1. The van der Waals surface area contributed by atoms with Crippen molar-refractivity contribution in [2.24, 2.45) is 0 Å². The smallest absolute Gasteiger partial charge is 0.239 e. The molecule has 0 radical (unpaired) electrons. The summed E-state index contributed by atoms with van der Waals surface area (Å²) in [7, 11) is 3.24. The molecule has 144 valence electrons. The second-order valence-corrected chi connectivity index (χ2v) is 6.79. The summed E-state index contributed by atoms with van der Waals surface area (Å²) in [4.78, 5) is 12.2. The largest absolute Gasteiger partial charge is 0.493 e. The molecule has 0 fully saturated rings. The third-order valence-corrected chi connectivity index (χ3v) is 5.02. The van der Waals surface area contributed by atoms with E-state index >= 15 is 0 Å². The summed E-state index contributed by atoms with van der Waals surface area (Å²) in [6, 6.07) is 12.2. The molecule has 2 aromatic rings. The van der Waals surface area contributed by atoms with Crippen LogP contribution in [-0.4, -0.2) is 33.2 Å². The first kappa shape index (κ1) is 19.1. The fourth-order valence-electron chi connectivity index (χ4n) is 3.57. The van der Waals surface area contributed by atoms with Gasteiger partial charge in [0.25, 0.3) is 0 Å². The van der Waals surface area contributed by atoms with Crippen LogP contribution >= 0.6 is 0 Å². The molecule has 3 rings (SSSR count). The van der Waals surface area contributed by atoms with Crippen molar-refractivity contribution in [1.82, 2.24) is 5.32 Å². The summed E-state index contributed by atoms with van der Waals surface area (Å²) < 4.78 is 10.6. The number of hydrogen-bond donors (Lipinski definition) is 2. The van der Waals surface area contributed by atoms with E-state index in [1.807, 2.05) is 18.2 Å². The molecule has 0 saturated heterocycles. The Labute approximate surface area is 161 Å². The predicted octanol–water partition coefficient (Wildman–Crippen LogP) is 3.35. The van der Waals surface area contributed by atoms with Gasteiger partial charge in [0, 0.05) is 12.2 Å². The molecular weight excluding hydrogens is 340 g/mol. The van der Waals surface area contributed by atoms with Gasteiger partial charge in [0.1, 0.15) is 0 Å². The maximum absolute atomic E-state index is 12.2. The van der Waals surface area contributed by atoms with Gasteiger partial charge in [0.15, 0.2) is 11.5 Å². The van der Waals surface area contributed by atoms with Crippen LogP contribution in [0.4, 0.5) is 5.69 Å². The molecule has 0 aliphatic heterocycles. The zero-order valence-electron chi connectivity index (χ0n) is 16.1. The minimum Gasteiger partial charge on any atom is -0.493 e. The molecule has 1 amide bonds. The molecule has 0 spiro atoms. The van der Waals surface area contributed by atoms with Crippen molar-refractivity contribution in [2.75, 3.05) is 32.6 Å². The molecule has 1 aliphatic carbocycles. The van der Waals surface area contributed by atoms with Crippen LogP contribution in [0.1, 0.15) is 29.5 Å². The van der Waals surface area contributed by atoms with Crippen molar-refractivity contribution in [3.8, 4) is 11.5 Å². The number of hydrogen-bond acceptors (Lipinski definition) is 4. The summed E-state index contributed by atoms with van der Waals surface area (Å²) in [5.74, 6) is 1.42. The number of aryl methyl sites for hydroxylation is 1. The van der Waals surface area contributed by atoms with E-state index in [4.69, 9.17) is 9.47 Å². The summed E-state index contributed by atoms with van der Waals surface area (Å²) in [6.07, 6.45) is 5.46. The van der Waals surface area contributed by atoms with E-state index in [9.17, 15) is 4.79 Å². The quantitative estimate of drug-likeness (QED) is 0.750. The number of carbonyl (C=O) groups excluding carboxylic acids is 1. The number of ether oxygens (including phenoxy) is 2. The Kier molecular flexibility index (Phi) is 6.58. The molecule has 2 aromatic carbocycles. The SMILES string of the molecule is COc1ccc(CCNC(=O)CNc2cccc3c2CCCC3)cc1OC. The van der Waals surface area contributed by atoms with E-state index in [0.29, 0.717) is 24.6 Å². The highest BCUT2D eigenvalue weighted by Crippen LogP contribution is 2.28. The van der Waals surface area contributed by atoms with Crippen molar-refractivity contribution >= 4 is 11.6 Å². The van der Waals surface area contributed by atoms with Gasteiger partial charge in [-0.15, -0.1) is 0 Å². The molecular formula is C22H28N2O3. The third kappa shape index (κ3) is 4.94. The molecule has 2 N–H and O–H groups in total. The van der Waals surface area contributed by atoms with E-state index in [-0.39, 0.29) is 5.91 Å². The van der Waals surface area contributed by atoms with Crippen molar-refractivity contribution < 1.29 is 14.3 Å². The first-order chi connectivity index (χ1) is 13.2. The fraction of sp³-hybridized carbons (Fsp3) is 0.409. The van der Waals surface area contributed by atoms with Crippen molar-refractivity contribution in [3.05, 3.63) is 53.1 Å². The lowest BCUT2D eigenvalue weighted by Crippen LogP contribution is -2.31. The number of anilines is 1. The van der Waals surface area contributed by atoms with Gasteiger partial charge in [-0.1, -0.05) is 18.2 Å². The Morgan fingerprint density at radius 1 is 1.04 bits per heavy atom. The molecule has 0 aromatic heterocycles. The molecule has 0 unspecified atom stereocenters. The van der Waals surface area contributed by atoms with Gasteiger partial charge in [-0.3, -0.25) is 4.79 Å². The van der Waals surface area contributed by atoms with Crippen LogP contribution in [0.2, 0.25) is 0 Å². The summed E-state index contributed by atoms with van der Waals surface area (Å²) in [6.45, 7) is 0.880. The molecule has 0 bridgehead atoms. The first-order valence-corrected chi connectivity index (χ1v) is 9.53. The van der Waals surface area contributed by atoms with E-state index in [2.05, 4.69) is 28.8 Å².